The SMILES string of the molecule is CC(C)=CC1Cc2c(ccc3c(Cc4c(O)c(C)c(C)oc4=O)cccc23)O1. The molecule has 4 heteroatoms. The summed E-state index contributed by atoms with van der Waals surface area (Å²) in [5.41, 5.74) is 3.84. The van der Waals surface area contributed by atoms with E-state index in [2.05, 4.69) is 26.0 Å². The average Bonchev–Trinajstić information content (AvgIpc) is 3.05. The number of allylic oxidation sites excluding steroid dienone is 1. The Bertz CT molecular complexity index is 1160. The normalized spacial score (nSPS) is 15.4. The topological polar surface area (TPSA) is 59.7 Å². The summed E-state index contributed by atoms with van der Waals surface area (Å²) in [6.07, 6.45) is 3.36. The molecule has 1 atom stereocenters. The van der Waals surface area contributed by atoms with Gasteiger partial charge in [0.05, 0.1) is 5.56 Å². The summed E-state index contributed by atoms with van der Waals surface area (Å²) in [6.45, 7) is 7.59. The number of fused-ring (bicyclic) bond motifs is 3. The Hall–Kier alpha value is -3.01. The fourth-order valence-corrected chi connectivity index (χ4v) is 3.92. The lowest BCUT2D eigenvalue weighted by atomic mass is 9.94. The van der Waals surface area contributed by atoms with Gasteiger partial charge in [-0.1, -0.05) is 29.8 Å². The van der Waals surface area contributed by atoms with Crippen molar-refractivity contribution in [1.29, 1.82) is 0 Å². The van der Waals surface area contributed by atoms with Crippen LogP contribution < -0.4 is 10.4 Å². The second-order valence-corrected chi connectivity index (χ2v) is 7.73. The van der Waals surface area contributed by atoms with Crippen molar-refractivity contribution >= 4 is 10.8 Å². The van der Waals surface area contributed by atoms with E-state index >= 15 is 0 Å². The van der Waals surface area contributed by atoms with Gasteiger partial charge in [0, 0.05) is 24.0 Å². The summed E-state index contributed by atoms with van der Waals surface area (Å²) >= 11 is 0. The molecule has 1 aromatic heterocycles. The minimum Gasteiger partial charge on any atom is -0.507 e. The highest BCUT2D eigenvalue weighted by atomic mass is 16.5. The quantitative estimate of drug-likeness (QED) is 0.655. The van der Waals surface area contributed by atoms with E-state index in [1.54, 1.807) is 13.8 Å². The monoisotopic (exact) mass is 376 g/mol. The number of aryl methyl sites for hydroxylation is 1. The predicted molar refractivity (Wildman–Crippen MR) is 110 cm³/mol. The van der Waals surface area contributed by atoms with E-state index in [-0.39, 0.29) is 11.9 Å². The van der Waals surface area contributed by atoms with Crippen molar-refractivity contribution in [2.75, 3.05) is 0 Å². The van der Waals surface area contributed by atoms with Crippen LogP contribution >= 0.6 is 0 Å². The van der Waals surface area contributed by atoms with E-state index < -0.39 is 5.63 Å². The van der Waals surface area contributed by atoms with E-state index in [1.165, 1.54) is 11.1 Å². The largest absolute Gasteiger partial charge is 0.507 e. The molecule has 0 bridgehead atoms. The Kier molecular flexibility index (Phi) is 4.50. The van der Waals surface area contributed by atoms with Crippen molar-refractivity contribution in [3.05, 3.63) is 80.4 Å². The molecule has 4 nitrogen and oxygen atoms in total. The van der Waals surface area contributed by atoms with Gasteiger partial charge in [0.2, 0.25) is 0 Å². The Balaban J connectivity index is 1.79. The molecule has 0 fully saturated rings. The van der Waals surface area contributed by atoms with Crippen molar-refractivity contribution in [3.63, 3.8) is 0 Å². The average molecular weight is 376 g/mol. The molecule has 0 radical (unpaired) electrons. The third-order valence-corrected chi connectivity index (χ3v) is 5.45. The first-order chi connectivity index (χ1) is 13.3. The van der Waals surface area contributed by atoms with Crippen LogP contribution in [0.5, 0.6) is 11.5 Å². The third kappa shape index (κ3) is 3.09. The number of hydrogen-bond donors (Lipinski definition) is 1. The van der Waals surface area contributed by atoms with Crippen LogP contribution in [0.25, 0.3) is 10.8 Å². The fraction of sp³-hybridized carbons (Fsp3) is 0.292. The lowest BCUT2D eigenvalue weighted by molar-refractivity contribution is 0.282. The van der Waals surface area contributed by atoms with Gasteiger partial charge in [-0.05, 0) is 56.2 Å². The van der Waals surface area contributed by atoms with Gasteiger partial charge in [0.15, 0.2) is 0 Å². The Labute approximate surface area is 164 Å². The molecule has 0 aliphatic carbocycles. The Morgan fingerprint density at radius 2 is 1.96 bits per heavy atom. The summed E-state index contributed by atoms with van der Waals surface area (Å²) in [6, 6.07) is 10.1. The van der Waals surface area contributed by atoms with Crippen LogP contribution in [-0.4, -0.2) is 11.2 Å². The molecular weight excluding hydrogens is 352 g/mol. The second-order valence-electron chi connectivity index (χ2n) is 7.73. The predicted octanol–water partition coefficient (Wildman–Crippen LogP) is 4.98. The summed E-state index contributed by atoms with van der Waals surface area (Å²) in [7, 11) is 0. The van der Waals surface area contributed by atoms with Gasteiger partial charge in [0.1, 0.15) is 23.4 Å². The van der Waals surface area contributed by atoms with E-state index in [9.17, 15) is 9.90 Å². The smallest absolute Gasteiger partial charge is 0.343 e. The first-order valence-electron chi connectivity index (χ1n) is 9.52. The number of hydrogen-bond acceptors (Lipinski definition) is 4. The molecule has 0 saturated heterocycles. The molecule has 1 aliphatic heterocycles. The molecule has 1 N–H and O–H groups in total. The zero-order valence-electron chi connectivity index (χ0n) is 16.6. The molecule has 0 amide bonds. The van der Waals surface area contributed by atoms with E-state index in [4.69, 9.17) is 9.15 Å². The first kappa shape index (κ1) is 18.4. The van der Waals surface area contributed by atoms with Crippen molar-refractivity contribution in [2.45, 2.75) is 46.6 Å². The van der Waals surface area contributed by atoms with Crippen LogP contribution in [0.15, 0.2) is 51.2 Å². The summed E-state index contributed by atoms with van der Waals surface area (Å²) in [5, 5.41) is 12.7. The summed E-state index contributed by atoms with van der Waals surface area (Å²) in [5.74, 6) is 1.39. The molecule has 0 saturated carbocycles. The molecule has 1 aliphatic rings. The molecule has 28 heavy (non-hydrogen) atoms. The van der Waals surface area contributed by atoms with Gasteiger partial charge in [-0.3, -0.25) is 0 Å². The van der Waals surface area contributed by atoms with Crippen LogP contribution in [0.4, 0.5) is 0 Å². The highest BCUT2D eigenvalue weighted by Gasteiger charge is 2.24. The van der Waals surface area contributed by atoms with Crippen molar-refractivity contribution in [2.24, 2.45) is 0 Å². The molecule has 144 valence electrons. The molecule has 2 heterocycles. The van der Waals surface area contributed by atoms with E-state index in [0.29, 0.717) is 23.3 Å². The molecule has 4 rings (SSSR count). The van der Waals surface area contributed by atoms with Crippen molar-refractivity contribution in [3.8, 4) is 11.5 Å². The zero-order valence-corrected chi connectivity index (χ0v) is 16.6. The Morgan fingerprint density at radius 3 is 2.71 bits per heavy atom. The van der Waals surface area contributed by atoms with Crippen LogP contribution in [0, 0.1) is 13.8 Å². The van der Waals surface area contributed by atoms with Gasteiger partial charge in [0.25, 0.3) is 0 Å². The van der Waals surface area contributed by atoms with Gasteiger partial charge < -0.3 is 14.3 Å². The lowest BCUT2D eigenvalue weighted by Gasteiger charge is -2.11. The van der Waals surface area contributed by atoms with Gasteiger partial charge in [-0.2, -0.15) is 0 Å². The maximum Gasteiger partial charge on any atom is 0.343 e. The standard InChI is InChI=1S/C24H24O4/c1-13(2)10-17-12-20-19-7-5-6-16(18(19)8-9-22(20)28-17)11-21-23(25)14(3)15(4)27-24(21)26/h5-10,17,25H,11-12H2,1-4H3. The van der Waals surface area contributed by atoms with E-state index in [1.807, 2.05) is 24.3 Å². The number of benzene rings is 2. The third-order valence-electron chi connectivity index (χ3n) is 5.45. The minimum absolute atomic E-state index is 0.0267. The van der Waals surface area contributed by atoms with Crippen molar-refractivity contribution < 1.29 is 14.3 Å². The van der Waals surface area contributed by atoms with Crippen molar-refractivity contribution in [1.82, 2.24) is 0 Å². The number of aromatic hydroxyl groups is 1. The number of ether oxygens (including phenoxy) is 1. The van der Waals surface area contributed by atoms with Gasteiger partial charge in [-0.15, -0.1) is 0 Å². The van der Waals surface area contributed by atoms with Crippen LogP contribution in [0.2, 0.25) is 0 Å². The maximum absolute atomic E-state index is 12.3. The molecule has 3 aromatic rings. The maximum atomic E-state index is 12.3. The fourth-order valence-electron chi connectivity index (χ4n) is 3.92. The van der Waals surface area contributed by atoms with E-state index in [0.717, 1.165) is 28.5 Å². The molecular formula is C24H24O4. The summed E-state index contributed by atoms with van der Waals surface area (Å²) in [4.78, 5) is 12.3. The molecule has 1 unspecified atom stereocenters. The highest BCUT2D eigenvalue weighted by Crippen LogP contribution is 2.37. The Morgan fingerprint density at radius 1 is 1.18 bits per heavy atom. The zero-order chi connectivity index (χ0) is 20.0. The first-order valence-corrected chi connectivity index (χ1v) is 9.52. The molecule has 0 spiro atoms. The van der Waals surface area contributed by atoms with Crippen LogP contribution in [0.3, 0.4) is 0 Å². The van der Waals surface area contributed by atoms with Crippen LogP contribution in [-0.2, 0) is 12.8 Å². The van der Waals surface area contributed by atoms with Gasteiger partial charge >= 0.3 is 5.63 Å². The summed E-state index contributed by atoms with van der Waals surface area (Å²) < 4.78 is 11.4. The minimum atomic E-state index is -0.481. The molecule has 2 aromatic carbocycles. The van der Waals surface area contributed by atoms with Gasteiger partial charge in [-0.25, -0.2) is 4.79 Å². The lowest BCUT2D eigenvalue weighted by Crippen LogP contribution is -2.10. The highest BCUT2D eigenvalue weighted by molar-refractivity contribution is 5.91. The van der Waals surface area contributed by atoms with Crippen LogP contribution in [0.1, 0.15) is 41.9 Å². The number of rotatable bonds is 3. The second kappa shape index (κ2) is 6.86.